The molecule has 1 aromatic heterocycles. The topological polar surface area (TPSA) is 62.2 Å². The third-order valence-electron chi connectivity index (χ3n) is 2.38. The molecule has 1 heterocycles. The first-order valence-corrected chi connectivity index (χ1v) is 5.66. The van der Waals surface area contributed by atoms with Gasteiger partial charge in [-0.1, -0.05) is 11.6 Å². The molecule has 2 aromatic rings. The molecule has 2 N–H and O–H groups in total. The molecule has 1 aromatic carbocycles. The van der Waals surface area contributed by atoms with Crippen molar-refractivity contribution in [1.82, 2.24) is 4.98 Å². The highest BCUT2D eigenvalue weighted by Gasteiger charge is 2.07. The summed E-state index contributed by atoms with van der Waals surface area (Å²) < 4.78 is 0. The number of phenols is 1. The van der Waals surface area contributed by atoms with Gasteiger partial charge < -0.3 is 10.4 Å². The van der Waals surface area contributed by atoms with Crippen LogP contribution in [-0.2, 0) is 0 Å². The normalized spacial score (nSPS) is 10.1. The van der Waals surface area contributed by atoms with Crippen LogP contribution in [0.3, 0.4) is 0 Å². The molecule has 0 fully saturated rings. The Balaban J connectivity index is 2.16. The summed E-state index contributed by atoms with van der Waals surface area (Å²) in [6.45, 7) is 1.85. The zero-order chi connectivity index (χ0) is 13.1. The molecule has 1 amide bonds. The maximum absolute atomic E-state index is 11.9. The zero-order valence-corrected chi connectivity index (χ0v) is 10.4. The number of benzene rings is 1. The molecule has 18 heavy (non-hydrogen) atoms. The van der Waals surface area contributed by atoms with Gasteiger partial charge >= 0.3 is 0 Å². The van der Waals surface area contributed by atoms with Crippen molar-refractivity contribution in [2.45, 2.75) is 6.92 Å². The number of aromatic nitrogens is 1. The van der Waals surface area contributed by atoms with Crippen LogP contribution < -0.4 is 5.32 Å². The molecule has 0 radical (unpaired) electrons. The summed E-state index contributed by atoms with van der Waals surface area (Å²) in [4.78, 5) is 15.9. The second-order valence-corrected chi connectivity index (χ2v) is 4.22. The van der Waals surface area contributed by atoms with E-state index in [1.165, 1.54) is 18.3 Å². The van der Waals surface area contributed by atoms with Gasteiger partial charge in [0, 0.05) is 17.6 Å². The van der Waals surface area contributed by atoms with E-state index >= 15 is 0 Å². The molecule has 0 bridgehead atoms. The molecule has 0 aliphatic carbocycles. The number of pyridine rings is 1. The van der Waals surface area contributed by atoms with E-state index in [4.69, 9.17) is 11.6 Å². The van der Waals surface area contributed by atoms with Gasteiger partial charge in [-0.3, -0.25) is 9.78 Å². The molecule has 0 aliphatic rings. The van der Waals surface area contributed by atoms with Gasteiger partial charge in [-0.2, -0.15) is 0 Å². The Bertz CT molecular complexity index is 582. The lowest BCUT2D eigenvalue weighted by molar-refractivity contribution is 0.102. The van der Waals surface area contributed by atoms with E-state index in [-0.39, 0.29) is 16.7 Å². The van der Waals surface area contributed by atoms with Crippen molar-refractivity contribution in [3.8, 4) is 5.75 Å². The zero-order valence-electron chi connectivity index (χ0n) is 9.64. The molecule has 5 heteroatoms. The molecule has 0 saturated carbocycles. The van der Waals surface area contributed by atoms with Gasteiger partial charge in [-0.05, 0) is 37.3 Å². The van der Waals surface area contributed by atoms with E-state index in [1.54, 1.807) is 18.2 Å². The number of hydrogen-bond donors (Lipinski definition) is 2. The van der Waals surface area contributed by atoms with Crippen molar-refractivity contribution in [3.63, 3.8) is 0 Å². The van der Waals surface area contributed by atoms with Crippen LogP contribution >= 0.6 is 11.6 Å². The van der Waals surface area contributed by atoms with Crippen molar-refractivity contribution in [1.29, 1.82) is 0 Å². The van der Waals surface area contributed by atoms with E-state index < -0.39 is 0 Å². The van der Waals surface area contributed by atoms with Gasteiger partial charge in [-0.15, -0.1) is 0 Å². The first kappa shape index (κ1) is 12.4. The number of nitrogens with zero attached hydrogens (tertiary/aromatic N) is 1. The Labute approximate surface area is 109 Å². The average molecular weight is 263 g/mol. The number of rotatable bonds is 2. The number of aromatic hydroxyl groups is 1. The Morgan fingerprint density at radius 1 is 1.33 bits per heavy atom. The lowest BCUT2D eigenvalue weighted by atomic mass is 10.2. The number of amides is 1. The molecule has 0 atom stereocenters. The lowest BCUT2D eigenvalue weighted by Gasteiger charge is -2.06. The number of carbonyl (C=O) groups is 1. The van der Waals surface area contributed by atoms with Crippen LogP contribution in [0.1, 0.15) is 16.1 Å². The lowest BCUT2D eigenvalue weighted by Crippen LogP contribution is -2.12. The predicted octanol–water partition coefficient (Wildman–Crippen LogP) is 3.00. The van der Waals surface area contributed by atoms with E-state index in [0.717, 1.165) is 5.69 Å². The van der Waals surface area contributed by atoms with Crippen LogP contribution in [0.15, 0.2) is 36.5 Å². The Morgan fingerprint density at radius 3 is 2.72 bits per heavy atom. The summed E-state index contributed by atoms with van der Waals surface area (Å²) in [6.07, 6.45) is 1.51. The fraction of sp³-hybridized carbons (Fsp3) is 0.0769. The third-order valence-corrected chi connectivity index (χ3v) is 2.68. The van der Waals surface area contributed by atoms with Crippen LogP contribution in [0.4, 0.5) is 5.69 Å². The highest BCUT2D eigenvalue weighted by molar-refractivity contribution is 6.32. The molecular formula is C13H11ClN2O2. The Kier molecular flexibility index (Phi) is 3.48. The summed E-state index contributed by atoms with van der Waals surface area (Å²) in [6, 6.07) is 7.93. The number of anilines is 1. The monoisotopic (exact) mass is 262 g/mol. The van der Waals surface area contributed by atoms with Crippen LogP contribution in [-0.4, -0.2) is 16.0 Å². The van der Waals surface area contributed by atoms with Gasteiger partial charge in [0.25, 0.3) is 5.91 Å². The third kappa shape index (κ3) is 2.78. The second-order valence-electron chi connectivity index (χ2n) is 3.81. The predicted molar refractivity (Wildman–Crippen MR) is 70.0 cm³/mol. The number of carbonyl (C=O) groups excluding carboxylic acids is 1. The molecule has 2 rings (SSSR count). The van der Waals surface area contributed by atoms with Gasteiger partial charge in [0.2, 0.25) is 0 Å². The smallest absolute Gasteiger partial charge is 0.257 e. The first-order valence-electron chi connectivity index (χ1n) is 5.29. The highest BCUT2D eigenvalue weighted by atomic mass is 35.5. The molecule has 0 saturated heterocycles. The molecule has 4 nitrogen and oxygen atoms in total. The van der Waals surface area contributed by atoms with Crippen LogP contribution in [0, 0.1) is 6.92 Å². The summed E-state index contributed by atoms with van der Waals surface area (Å²) in [5, 5.41) is 12.1. The van der Waals surface area contributed by atoms with Gasteiger partial charge in [0.05, 0.1) is 10.6 Å². The largest absolute Gasteiger partial charge is 0.506 e. The molecule has 0 spiro atoms. The molecule has 0 unspecified atom stereocenters. The molecular weight excluding hydrogens is 252 g/mol. The van der Waals surface area contributed by atoms with Crippen LogP contribution in [0.2, 0.25) is 5.02 Å². The van der Waals surface area contributed by atoms with E-state index in [9.17, 15) is 9.90 Å². The Morgan fingerprint density at radius 2 is 2.11 bits per heavy atom. The summed E-state index contributed by atoms with van der Waals surface area (Å²) in [5.41, 5.74) is 1.83. The number of phenolic OH excluding ortho intramolecular Hbond substituents is 1. The van der Waals surface area contributed by atoms with Crippen molar-refractivity contribution in [2.24, 2.45) is 0 Å². The van der Waals surface area contributed by atoms with E-state index in [2.05, 4.69) is 10.3 Å². The minimum Gasteiger partial charge on any atom is -0.506 e. The fourth-order valence-electron chi connectivity index (χ4n) is 1.39. The van der Waals surface area contributed by atoms with Gasteiger partial charge in [0.1, 0.15) is 5.75 Å². The minimum atomic E-state index is -0.274. The number of nitrogens with one attached hydrogen (secondary N) is 1. The number of halogens is 1. The SMILES string of the molecule is Cc1ccc(C(=O)Nc2ccc(O)c(Cl)c2)cn1. The van der Waals surface area contributed by atoms with Crippen LogP contribution in [0.25, 0.3) is 0 Å². The van der Waals surface area contributed by atoms with E-state index in [1.807, 2.05) is 6.92 Å². The first-order chi connectivity index (χ1) is 8.56. The van der Waals surface area contributed by atoms with E-state index in [0.29, 0.717) is 11.3 Å². The van der Waals surface area contributed by atoms with Crippen molar-refractivity contribution >= 4 is 23.2 Å². The van der Waals surface area contributed by atoms with Crippen LogP contribution in [0.5, 0.6) is 5.75 Å². The maximum atomic E-state index is 11.9. The summed E-state index contributed by atoms with van der Waals surface area (Å²) >= 11 is 5.75. The molecule has 92 valence electrons. The quantitative estimate of drug-likeness (QED) is 0.818. The van der Waals surface area contributed by atoms with Crippen molar-refractivity contribution in [3.05, 3.63) is 52.8 Å². The average Bonchev–Trinajstić information content (AvgIpc) is 2.34. The Hall–Kier alpha value is -2.07. The highest BCUT2D eigenvalue weighted by Crippen LogP contribution is 2.26. The van der Waals surface area contributed by atoms with Gasteiger partial charge in [0.15, 0.2) is 0 Å². The maximum Gasteiger partial charge on any atom is 0.257 e. The number of aryl methyl sites for hydroxylation is 1. The van der Waals surface area contributed by atoms with Gasteiger partial charge in [-0.25, -0.2) is 0 Å². The fourth-order valence-corrected chi connectivity index (χ4v) is 1.57. The summed E-state index contributed by atoms with van der Waals surface area (Å²) in [7, 11) is 0. The second kappa shape index (κ2) is 5.06. The number of hydrogen-bond acceptors (Lipinski definition) is 3. The van der Waals surface area contributed by atoms with Crippen molar-refractivity contribution < 1.29 is 9.90 Å². The molecule has 0 aliphatic heterocycles. The van der Waals surface area contributed by atoms with Crippen molar-refractivity contribution in [2.75, 3.05) is 5.32 Å². The minimum absolute atomic E-state index is 0.0216. The standard InChI is InChI=1S/C13H11ClN2O2/c1-8-2-3-9(7-15-8)13(18)16-10-4-5-12(17)11(14)6-10/h2-7,17H,1H3,(H,16,18). The summed E-state index contributed by atoms with van der Waals surface area (Å²) in [5.74, 6) is -0.295.